The molecular weight excluding hydrogens is 224 g/mol. The lowest BCUT2D eigenvalue weighted by Crippen LogP contribution is -2.48. The van der Waals surface area contributed by atoms with Crippen LogP contribution in [0.15, 0.2) is 0 Å². The maximum atomic E-state index is 12.3. The molecular formula is C15H30N2O. The molecule has 0 spiro atoms. The van der Waals surface area contributed by atoms with Crippen molar-refractivity contribution in [3.63, 3.8) is 0 Å². The number of unbranched alkanes of at least 4 members (excludes halogenated alkanes) is 3. The minimum atomic E-state index is -0.267. The molecule has 0 aromatic carbocycles. The molecule has 1 rings (SSSR count). The average molecular weight is 254 g/mol. The van der Waals surface area contributed by atoms with Crippen LogP contribution < -0.4 is 11.1 Å². The average Bonchev–Trinajstić information content (AvgIpc) is 2.39. The van der Waals surface area contributed by atoms with Gasteiger partial charge in [-0.3, -0.25) is 4.79 Å². The molecule has 18 heavy (non-hydrogen) atoms. The summed E-state index contributed by atoms with van der Waals surface area (Å²) < 4.78 is 0. The van der Waals surface area contributed by atoms with E-state index in [-0.39, 0.29) is 11.3 Å². The van der Waals surface area contributed by atoms with Crippen molar-refractivity contribution in [1.82, 2.24) is 5.32 Å². The summed E-state index contributed by atoms with van der Waals surface area (Å²) in [7, 11) is 0. The Morgan fingerprint density at radius 3 is 2.50 bits per heavy atom. The topological polar surface area (TPSA) is 55.1 Å². The van der Waals surface area contributed by atoms with Gasteiger partial charge in [-0.2, -0.15) is 0 Å². The zero-order valence-corrected chi connectivity index (χ0v) is 12.1. The summed E-state index contributed by atoms with van der Waals surface area (Å²) >= 11 is 0. The number of nitrogens with one attached hydrogen (secondary N) is 1. The minimum absolute atomic E-state index is 0.202. The van der Waals surface area contributed by atoms with Crippen LogP contribution in [-0.4, -0.2) is 19.0 Å². The number of hydrogen-bond donors (Lipinski definition) is 2. The van der Waals surface area contributed by atoms with E-state index in [9.17, 15) is 4.79 Å². The summed E-state index contributed by atoms with van der Waals surface area (Å²) in [5, 5.41) is 3.10. The van der Waals surface area contributed by atoms with E-state index in [0.29, 0.717) is 6.54 Å². The number of amides is 1. The van der Waals surface area contributed by atoms with Gasteiger partial charge in [-0.25, -0.2) is 0 Å². The molecule has 0 unspecified atom stereocenters. The van der Waals surface area contributed by atoms with Gasteiger partial charge in [0, 0.05) is 13.1 Å². The quantitative estimate of drug-likeness (QED) is 0.686. The fourth-order valence-corrected chi connectivity index (χ4v) is 2.78. The first-order chi connectivity index (χ1) is 8.64. The Balaban J connectivity index is 2.33. The van der Waals surface area contributed by atoms with E-state index in [2.05, 4.69) is 19.2 Å². The fraction of sp³-hybridized carbons (Fsp3) is 0.933. The molecule has 1 aliphatic rings. The van der Waals surface area contributed by atoms with Crippen molar-refractivity contribution in [3.8, 4) is 0 Å². The van der Waals surface area contributed by atoms with E-state index in [1.807, 2.05) is 0 Å². The number of rotatable bonds is 7. The van der Waals surface area contributed by atoms with E-state index in [1.54, 1.807) is 0 Å². The summed E-state index contributed by atoms with van der Waals surface area (Å²) in [5.74, 6) is 0.954. The van der Waals surface area contributed by atoms with Crippen molar-refractivity contribution in [3.05, 3.63) is 0 Å². The lowest BCUT2D eigenvalue weighted by molar-refractivity contribution is -0.132. The number of carbonyl (C=O) groups excluding carboxylic acids is 1. The van der Waals surface area contributed by atoms with Gasteiger partial charge in [0.25, 0.3) is 0 Å². The first-order valence-electron chi connectivity index (χ1n) is 7.63. The summed E-state index contributed by atoms with van der Waals surface area (Å²) in [6.45, 7) is 5.78. The highest BCUT2D eigenvalue weighted by Crippen LogP contribution is 2.38. The van der Waals surface area contributed by atoms with Gasteiger partial charge in [0.1, 0.15) is 0 Å². The van der Waals surface area contributed by atoms with Crippen LogP contribution in [0, 0.1) is 11.3 Å². The largest absolute Gasteiger partial charge is 0.356 e. The molecule has 0 radical (unpaired) electrons. The summed E-state index contributed by atoms with van der Waals surface area (Å²) in [4.78, 5) is 12.3. The van der Waals surface area contributed by atoms with Crippen LogP contribution in [0.5, 0.6) is 0 Å². The van der Waals surface area contributed by atoms with E-state index in [0.717, 1.165) is 44.6 Å². The second kappa shape index (κ2) is 7.78. The van der Waals surface area contributed by atoms with Crippen LogP contribution in [0.3, 0.4) is 0 Å². The molecule has 0 aromatic heterocycles. The van der Waals surface area contributed by atoms with E-state index in [1.165, 1.54) is 19.3 Å². The van der Waals surface area contributed by atoms with Crippen LogP contribution in [-0.2, 0) is 4.79 Å². The SMILES string of the molecule is CCCCCCNC(=O)C1(CN)CCC(C)CC1. The molecule has 3 nitrogen and oxygen atoms in total. The Bertz CT molecular complexity index is 245. The highest BCUT2D eigenvalue weighted by Gasteiger charge is 2.39. The molecule has 0 aliphatic heterocycles. The van der Waals surface area contributed by atoms with Gasteiger partial charge in [0.05, 0.1) is 5.41 Å². The van der Waals surface area contributed by atoms with E-state index < -0.39 is 0 Å². The van der Waals surface area contributed by atoms with Crippen molar-refractivity contribution in [2.24, 2.45) is 17.1 Å². The molecule has 0 saturated heterocycles. The molecule has 1 saturated carbocycles. The van der Waals surface area contributed by atoms with Gasteiger partial charge in [-0.15, -0.1) is 0 Å². The van der Waals surface area contributed by atoms with Gasteiger partial charge >= 0.3 is 0 Å². The summed E-state index contributed by atoms with van der Waals surface area (Å²) in [5.41, 5.74) is 5.61. The van der Waals surface area contributed by atoms with Gasteiger partial charge in [0.2, 0.25) is 5.91 Å². The van der Waals surface area contributed by atoms with Crippen LogP contribution in [0.4, 0.5) is 0 Å². The Kier molecular flexibility index (Phi) is 6.69. The first kappa shape index (κ1) is 15.5. The van der Waals surface area contributed by atoms with Crippen LogP contribution in [0.2, 0.25) is 0 Å². The Hall–Kier alpha value is -0.570. The predicted molar refractivity (Wildman–Crippen MR) is 76.3 cm³/mol. The fourth-order valence-electron chi connectivity index (χ4n) is 2.78. The lowest BCUT2D eigenvalue weighted by atomic mass is 9.70. The molecule has 0 aromatic rings. The number of carbonyl (C=O) groups is 1. The molecule has 1 aliphatic carbocycles. The van der Waals surface area contributed by atoms with Crippen molar-refractivity contribution in [2.45, 2.75) is 65.2 Å². The van der Waals surface area contributed by atoms with Gasteiger partial charge in [-0.1, -0.05) is 33.1 Å². The van der Waals surface area contributed by atoms with Crippen molar-refractivity contribution >= 4 is 5.91 Å². The zero-order valence-electron chi connectivity index (χ0n) is 12.1. The Morgan fingerprint density at radius 1 is 1.28 bits per heavy atom. The molecule has 106 valence electrons. The Labute approximate surface area is 112 Å². The van der Waals surface area contributed by atoms with Crippen LogP contribution in [0.1, 0.15) is 65.2 Å². The third-order valence-electron chi connectivity index (χ3n) is 4.42. The third-order valence-corrected chi connectivity index (χ3v) is 4.42. The highest BCUT2D eigenvalue weighted by atomic mass is 16.2. The van der Waals surface area contributed by atoms with Crippen LogP contribution in [0.25, 0.3) is 0 Å². The Morgan fingerprint density at radius 2 is 1.94 bits per heavy atom. The van der Waals surface area contributed by atoms with E-state index >= 15 is 0 Å². The second-order valence-corrected chi connectivity index (χ2v) is 5.98. The molecule has 0 atom stereocenters. The summed E-state index contributed by atoms with van der Waals surface area (Å²) in [6, 6.07) is 0. The minimum Gasteiger partial charge on any atom is -0.356 e. The maximum absolute atomic E-state index is 12.3. The molecule has 1 fully saturated rings. The first-order valence-corrected chi connectivity index (χ1v) is 7.63. The standard InChI is InChI=1S/C15H30N2O/c1-3-4-5-6-11-17-14(18)15(12-16)9-7-13(2)8-10-15/h13H,3-12,16H2,1-2H3,(H,17,18). The smallest absolute Gasteiger partial charge is 0.227 e. The summed E-state index contributed by atoms with van der Waals surface area (Å²) in [6.07, 6.45) is 9.01. The molecule has 1 amide bonds. The monoisotopic (exact) mass is 254 g/mol. The van der Waals surface area contributed by atoms with Gasteiger partial charge in [-0.05, 0) is 38.0 Å². The maximum Gasteiger partial charge on any atom is 0.227 e. The zero-order chi connectivity index (χ0) is 13.4. The second-order valence-electron chi connectivity index (χ2n) is 5.98. The van der Waals surface area contributed by atoms with Gasteiger partial charge in [0.15, 0.2) is 0 Å². The highest BCUT2D eigenvalue weighted by molar-refractivity contribution is 5.83. The lowest BCUT2D eigenvalue weighted by Gasteiger charge is -2.37. The van der Waals surface area contributed by atoms with Crippen molar-refractivity contribution in [1.29, 1.82) is 0 Å². The van der Waals surface area contributed by atoms with Crippen molar-refractivity contribution < 1.29 is 4.79 Å². The van der Waals surface area contributed by atoms with Crippen LogP contribution >= 0.6 is 0 Å². The van der Waals surface area contributed by atoms with Crippen molar-refractivity contribution in [2.75, 3.05) is 13.1 Å². The molecule has 3 N–H and O–H groups in total. The van der Waals surface area contributed by atoms with E-state index in [4.69, 9.17) is 5.73 Å². The molecule has 0 heterocycles. The number of nitrogens with two attached hydrogens (primary N) is 1. The third kappa shape index (κ3) is 4.27. The molecule has 0 bridgehead atoms. The van der Waals surface area contributed by atoms with Gasteiger partial charge < -0.3 is 11.1 Å². The number of hydrogen-bond acceptors (Lipinski definition) is 2. The normalized spacial score (nSPS) is 28.1. The predicted octanol–water partition coefficient (Wildman–Crippen LogP) is 2.84. The molecule has 3 heteroatoms.